The number of ether oxygens (including phenoxy) is 8. The van der Waals surface area contributed by atoms with E-state index in [1.165, 1.54) is 6.92 Å². The van der Waals surface area contributed by atoms with Gasteiger partial charge in [0.2, 0.25) is 30.0 Å². The first-order valence-corrected chi connectivity index (χ1v) is 20.0. The van der Waals surface area contributed by atoms with Crippen molar-refractivity contribution in [3.8, 4) is 40.1 Å². The maximum atomic E-state index is 14.5. The van der Waals surface area contributed by atoms with E-state index in [-0.39, 0.29) is 11.3 Å². The minimum atomic E-state index is -2.15. The smallest absolute Gasteiger partial charge is 0.239 e. The average molecular weight is 935 g/mol. The lowest BCUT2D eigenvalue weighted by molar-refractivity contribution is -0.318. The van der Waals surface area contributed by atoms with Crippen LogP contribution in [0, 0.1) is 0 Å². The summed E-state index contributed by atoms with van der Waals surface area (Å²) >= 11 is 0. The van der Waals surface area contributed by atoms with Crippen molar-refractivity contribution in [2.75, 3.05) is 19.8 Å². The van der Waals surface area contributed by atoms with Crippen molar-refractivity contribution in [2.45, 2.75) is 130 Å². The van der Waals surface area contributed by atoms with Gasteiger partial charge in [0.1, 0.15) is 114 Å². The van der Waals surface area contributed by atoms with Crippen LogP contribution in [0.3, 0.4) is 0 Å². The predicted octanol–water partition coefficient (Wildman–Crippen LogP) is -6.74. The van der Waals surface area contributed by atoms with E-state index in [0.29, 0.717) is 0 Å². The number of hydrogen-bond acceptors (Lipinski definition) is 26. The van der Waals surface area contributed by atoms with Crippen LogP contribution >= 0.6 is 0 Å². The summed E-state index contributed by atoms with van der Waals surface area (Å²) in [5.41, 5.74) is -1.95. The van der Waals surface area contributed by atoms with E-state index in [4.69, 9.17) is 42.3 Å². The molecule has 0 spiro atoms. The molecule has 20 atom stereocenters. The van der Waals surface area contributed by atoms with E-state index in [2.05, 4.69) is 0 Å². The number of fused-ring (bicyclic) bond motifs is 1. The maximum absolute atomic E-state index is 14.5. The van der Waals surface area contributed by atoms with E-state index in [1.54, 1.807) is 0 Å². The third kappa shape index (κ3) is 9.43. The second-order valence-corrected chi connectivity index (χ2v) is 15.9. The summed E-state index contributed by atoms with van der Waals surface area (Å²) in [5.74, 6) is -3.93. The third-order valence-corrected chi connectivity index (χ3v) is 11.5. The van der Waals surface area contributed by atoms with Crippen molar-refractivity contribution in [3.63, 3.8) is 0 Å². The first kappa shape index (κ1) is 48.8. The first-order valence-electron chi connectivity index (χ1n) is 20.0. The second kappa shape index (κ2) is 19.6. The van der Waals surface area contributed by atoms with Gasteiger partial charge >= 0.3 is 0 Å². The van der Waals surface area contributed by atoms with Crippen LogP contribution < -0.4 is 19.6 Å². The lowest BCUT2D eigenvalue weighted by atomic mass is 9.98. The van der Waals surface area contributed by atoms with Gasteiger partial charge in [0.15, 0.2) is 23.5 Å². The number of hydrogen-bond donors (Lipinski definition) is 16. The number of benzene rings is 2. The summed E-state index contributed by atoms with van der Waals surface area (Å²) in [5, 5.41) is 166. The molecule has 0 aliphatic carbocycles. The van der Waals surface area contributed by atoms with Crippen molar-refractivity contribution in [1.82, 2.24) is 0 Å². The van der Waals surface area contributed by atoms with Gasteiger partial charge in [-0.05, 0) is 25.1 Å². The molecule has 4 aliphatic heterocycles. The van der Waals surface area contributed by atoms with Gasteiger partial charge in [-0.2, -0.15) is 0 Å². The Morgan fingerprint density at radius 2 is 1.05 bits per heavy atom. The van der Waals surface area contributed by atoms with E-state index < -0.39 is 188 Å². The fourth-order valence-corrected chi connectivity index (χ4v) is 7.57. The fraction of sp³-hybridized carbons (Fsp3) is 0.615. The van der Waals surface area contributed by atoms with Crippen LogP contribution in [0.1, 0.15) is 6.92 Å². The molecule has 0 bridgehead atoms. The molecule has 7 rings (SSSR count). The normalized spacial score (nSPS) is 40.1. The Hall–Kier alpha value is -4.11. The lowest BCUT2D eigenvalue weighted by Crippen LogP contribution is -2.61. The predicted molar refractivity (Wildman–Crippen MR) is 206 cm³/mol. The van der Waals surface area contributed by atoms with E-state index in [9.17, 15) is 86.5 Å². The monoisotopic (exact) mass is 934 g/mol. The summed E-state index contributed by atoms with van der Waals surface area (Å²) in [6.45, 7) is -0.983. The van der Waals surface area contributed by atoms with Crippen LogP contribution in [0.2, 0.25) is 0 Å². The highest BCUT2D eigenvalue weighted by atomic mass is 16.7. The summed E-state index contributed by atoms with van der Waals surface area (Å²) in [6, 6.07) is 4.99. The topological polar surface area (TPSA) is 428 Å². The molecule has 2 aromatic carbocycles. The fourth-order valence-electron chi connectivity index (χ4n) is 7.57. The van der Waals surface area contributed by atoms with Gasteiger partial charge in [0, 0.05) is 17.7 Å². The molecule has 4 saturated heterocycles. The summed E-state index contributed by atoms with van der Waals surface area (Å²) < 4.78 is 50.6. The molecule has 3 aromatic rings. The molecule has 0 radical (unpaired) electrons. The quantitative estimate of drug-likeness (QED) is 0.0802. The number of aliphatic hydroxyl groups excluding tert-OH is 14. The number of phenols is 2. The molecule has 0 saturated carbocycles. The molecular formula is C39H50O26. The standard InChI is InChI=1S/C39H50O26/c1-10-21(44)26(49)30(53)36(58-10)57-9-19-24(47)29(52)33(56)39(64-19)65-35-25(48)20-14(43)5-12(59-37-31(54)27(50)22(45)17(7-40)62-37)6-16(20)60-34(35)11-2-3-13(42)15(4-11)61-38-32(55)28(51)23(46)18(8-41)63-38/h2-6,10,17-19,21-24,26-33,36-47,49-56H,7-9H2,1H3/t10-,17+,18-,19-,21-,22+,23+,24+,26-,27-,28-,29-,30+,31+,32-,33+,36+,37+,38+,39-/m0/s1. The Labute approximate surface area is 364 Å². The maximum Gasteiger partial charge on any atom is 0.239 e. The highest BCUT2D eigenvalue weighted by molar-refractivity contribution is 5.88. The van der Waals surface area contributed by atoms with Crippen molar-refractivity contribution in [1.29, 1.82) is 0 Å². The van der Waals surface area contributed by atoms with Crippen LogP contribution in [-0.4, -0.2) is 224 Å². The highest BCUT2D eigenvalue weighted by Crippen LogP contribution is 2.41. The zero-order valence-corrected chi connectivity index (χ0v) is 33.8. The largest absolute Gasteiger partial charge is 0.507 e. The number of phenolic OH excluding ortho intramolecular Hbond substituents is 2. The lowest BCUT2D eigenvalue weighted by Gasteiger charge is -2.42. The van der Waals surface area contributed by atoms with Gasteiger partial charge in [-0.15, -0.1) is 0 Å². The molecule has 26 heteroatoms. The SMILES string of the molecule is C[C@@H]1O[C@@H](OC[C@@H]2O[C@@H](Oc3c(-c4ccc(O)c(O[C@@H]5O[C@@H](CO)[C@@H](O)[C@H](O)[C@@H]5O)c4)oc4cc(O[C@@H]5O[C@H](CO)[C@@H](O)[C@H](O)[C@H]5O)cc(O)c4c3=O)[C@H](O)[C@@H](O)[C@@H]2O)[C@H](O)[C@@H](O)[C@H]1O. The average Bonchev–Trinajstić information content (AvgIpc) is 3.28. The zero-order chi connectivity index (χ0) is 47.3. The number of aliphatic hydroxyl groups is 14. The Morgan fingerprint density at radius 1 is 0.538 bits per heavy atom. The minimum Gasteiger partial charge on any atom is -0.507 e. The molecule has 1 aromatic heterocycles. The van der Waals surface area contributed by atoms with Crippen molar-refractivity contribution in [2.24, 2.45) is 0 Å². The molecule has 4 fully saturated rings. The van der Waals surface area contributed by atoms with Crippen LogP contribution in [0.25, 0.3) is 22.3 Å². The highest BCUT2D eigenvalue weighted by Gasteiger charge is 2.49. The molecule has 4 aliphatic rings. The van der Waals surface area contributed by atoms with E-state index in [1.807, 2.05) is 0 Å². The molecule has 0 amide bonds. The second-order valence-electron chi connectivity index (χ2n) is 15.9. The third-order valence-electron chi connectivity index (χ3n) is 11.5. The summed E-state index contributed by atoms with van der Waals surface area (Å²) in [6.07, 6.45) is -35.0. The number of aromatic hydroxyl groups is 2. The minimum absolute atomic E-state index is 0.236. The van der Waals surface area contributed by atoms with Crippen LogP contribution in [0.15, 0.2) is 39.5 Å². The molecule has 0 unspecified atom stereocenters. The van der Waals surface area contributed by atoms with Crippen LogP contribution in [0.5, 0.6) is 28.7 Å². The van der Waals surface area contributed by atoms with Gasteiger partial charge < -0.3 is 124 Å². The Kier molecular flexibility index (Phi) is 14.7. The van der Waals surface area contributed by atoms with Crippen molar-refractivity contribution < 1.29 is 124 Å². The van der Waals surface area contributed by atoms with Crippen molar-refractivity contribution >= 4 is 11.0 Å². The Morgan fingerprint density at radius 3 is 1.63 bits per heavy atom. The molecule has 26 nitrogen and oxygen atoms in total. The van der Waals surface area contributed by atoms with Gasteiger partial charge in [0.05, 0.1) is 25.9 Å². The molecular weight excluding hydrogens is 884 g/mol. The molecule has 65 heavy (non-hydrogen) atoms. The van der Waals surface area contributed by atoms with E-state index >= 15 is 0 Å². The van der Waals surface area contributed by atoms with Crippen LogP contribution in [-0.2, 0) is 23.7 Å². The summed E-state index contributed by atoms with van der Waals surface area (Å²) in [4.78, 5) is 14.5. The van der Waals surface area contributed by atoms with Gasteiger partial charge in [-0.25, -0.2) is 0 Å². The van der Waals surface area contributed by atoms with Gasteiger partial charge in [-0.3, -0.25) is 4.79 Å². The molecule has 5 heterocycles. The molecule has 16 N–H and O–H groups in total. The number of rotatable bonds is 12. The van der Waals surface area contributed by atoms with Crippen molar-refractivity contribution in [3.05, 3.63) is 40.6 Å². The Bertz CT molecular complexity index is 2170. The first-order chi connectivity index (χ1) is 30.7. The van der Waals surface area contributed by atoms with E-state index in [0.717, 1.165) is 30.3 Å². The zero-order valence-electron chi connectivity index (χ0n) is 33.8. The molecule has 362 valence electrons. The summed E-state index contributed by atoms with van der Waals surface area (Å²) in [7, 11) is 0. The Balaban J connectivity index is 1.26. The van der Waals surface area contributed by atoms with Crippen LogP contribution in [0.4, 0.5) is 0 Å². The van der Waals surface area contributed by atoms with Gasteiger partial charge in [0.25, 0.3) is 0 Å². The van der Waals surface area contributed by atoms with Gasteiger partial charge in [-0.1, -0.05) is 0 Å².